The van der Waals surface area contributed by atoms with E-state index in [-0.39, 0.29) is 0 Å². The van der Waals surface area contributed by atoms with Gasteiger partial charge in [0.1, 0.15) is 0 Å². The summed E-state index contributed by atoms with van der Waals surface area (Å²) in [4.78, 5) is -2.89. The smallest absolute Gasteiger partial charge is 0.189 e. The van der Waals surface area contributed by atoms with Crippen molar-refractivity contribution in [3.8, 4) is 0 Å². The predicted molar refractivity (Wildman–Crippen MR) is 32.0 cm³/mol. The van der Waals surface area contributed by atoms with Gasteiger partial charge in [-0.15, -0.1) is 0 Å². The molecule has 0 saturated carbocycles. The molecule has 0 amide bonds. The lowest BCUT2D eigenvalue weighted by Crippen LogP contribution is -1.95. The third kappa shape index (κ3) is 6.43. The molecule has 7 heavy (non-hydrogen) atoms. The van der Waals surface area contributed by atoms with Crippen molar-refractivity contribution < 1.29 is 8.78 Å². The number of allylic oxidation sites excluding steroid dienone is 1. The highest BCUT2D eigenvalue weighted by molar-refractivity contribution is 9.10. The minimum atomic E-state index is -2.89. The second kappa shape index (κ2) is 2.67. The number of alkyl halides is 3. The van der Waals surface area contributed by atoms with E-state index >= 15 is 0 Å². The Kier molecular flexibility index (Phi) is 2.83. The average molecular weight is 189 g/mol. The summed E-state index contributed by atoms with van der Waals surface area (Å²) < 4.78 is 23.0. The molecule has 0 saturated heterocycles. The Labute approximate surface area is 54.1 Å². The van der Waals surface area contributed by atoms with Crippen LogP contribution in [0.1, 0.15) is 0 Å². The SMILES string of the molecule is FC(F)(Br)C=CS. The monoisotopic (exact) mass is 188 g/mol. The van der Waals surface area contributed by atoms with Crippen molar-refractivity contribution in [1.29, 1.82) is 0 Å². The van der Waals surface area contributed by atoms with Crippen molar-refractivity contribution in [3.63, 3.8) is 0 Å². The number of halogens is 3. The molecule has 42 valence electrons. The van der Waals surface area contributed by atoms with Crippen molar-refractivity contribution >= 4 is 28.6 Å². The van der Waals surface area contributed by atoms with Gasteiger partial charge in [0, 0.05) is 6.08 Å². The lowest BCUT2D eigenvalue weighted by atomic mass is 10.7. The molecule has 0 aromatic carbocycles. The fourth-order valence-electron chi connectivity index (χ4n) is 0.0845. The zero-order valence-electron chi connectivity index (χ0n) is 3.24. The third-order valence-corrected chi connectivity index (χ3v) is 0.677. The summed E-state index contributed by atoms with van der Waals surface area (Å²) in [6.45, 7) is 0. The number of hydrogen-bond donors (Lipinski definition) is 1. The molecule has 0 aliphatic heterocycles. The van der Waals surface area contributed by atoms with E-state index in [1.807, 2.05) is 0 Å². The van der Waals surface area contributed by atoms with Gasteiger partial charge in [0.05, 0.1) is 0 Å². The standard InChI is InChI=1S/C3H3BrF2S/c4-3(5,6)1-2-7/h1-2,7H. The third-order valence-electron chi connectivity index (χ3n) is 0.264. The molecule has 0 heterocycles. The van der Waals surface area contributed by atoms with Gasteiger partial charge in [-0.1, -0.05) is 0 Å². The molecular weight excluding hydrogens is 186 g/mol. The van der Waals surface area contributed by atoms with Gasteiger partial charge >= 0.3 is 4.83 Å². The molecule has 0 radical (unpaired) electrons. The van der Waals surface area contributed by atoms with Gasteiger partial charge in [0.2, 0.25) is 0 Å². The maximum Gasteiger partial charge on any atom is 0.320 e. The van der Waals surface area contributed by atoms with E-state index in [2.05, 4.69) is 28.6 Å². The Bertz CT molecular complexity index is 75.5. The first-order chi connectivity index (χ1) is 3.06. The molecule has 0 fully saturated rings. The molecule has 0 N–H and O–H groups in total. The molecule has 0 aromatic rings. The van der Waals surface area contributed by atoms with Gasteiger partial charge < -0.3 is 0 Å². The van der Waals surface area contributed by atoms with Crippen LogP contribution in [0.5, 0.6) is 0 Å². The minimum Gasteiger partial charge on any atom is -0.189 e. The summed E-state index contributed by atoms with van der Waals surface area (Å²) >= 11 is 5.49. The van der Waals surface area contributed by atoms with Gasteiger partial charge in [-0.05, 0) is 21.3 Å². The second-order valence-electron chi connectivity index (χ2n) is 0.857. The summed E-state index contributed by atoms with van der Waals surface area (Å²) in [6, 6.07) is 0. The van der Waals surface area contributed by atoms with E-state index in [1.54, 1.807) is 0 Å². The van der Waals surface area contributed by atoms with Crippen LogP contribution in [-0.4, -0.2) is 4.83 Å². The van der Waals surface area contributed by atoms with Gasteiger partial charge in [-0.2, -0.15) is 21.4 Å². The Hall–Kier alpha value is 0.430. The highest BCUT2D eigenvalue weighted by Gasteiger charge is 2.17. The van der Waals surface area contributed by atoms with Crippen molar-refractivity contribution in [1.82, 2.24) is 0 Å². The zero-order chi connectivity index (χ0) is 5.91. The Morgan fingerprint density at radius 3 is 2.00 bits per heavy atom. The Balaban J connectivity index is 3.56. The maximum absolute atomic E-state index is 11.5. The first-order valence-electron chi connectivity index (χ1n) is 1.45. The van der Waals surface area contributed by atoms with Crippen molar-refractivity contribution in [2.24, 2.45) is 0 Å². The van der Waals surface area contributed by atoms with Crippen LogP contribution in [0.3, 0.4) is 0 Å². The fourth-order valence-corrected chi connectivity index (χ4v) is 0.608. The molecule has 0 bridgehead atoms. The van der Waals surface area contributed by atoms with Crippen LogP contribution >= 0.6 is 28.6 Å². The molecule has 0 aliphatic carbocycles. The van der Waals surface area contributed by atoms with E-state index < -0.39 is 4.83 Å². The quantitative estimate of drug-likeness (QED) is 0.475. The van der Waals surface area contributed by atoms with Crippen LogP contribution < -0.4 is 0 Å². The van der Waals surface area contributed by atoms with Crippen LogP contribution in [0.25, 0.3) is 0 Å². The number of thiol groups is 1. The van der Waals surface area contributed by atoms with Crippen LogP contribution in [0.2, 0.25) is 0 Å². The van der Waals surface area contributed by atoms with Crippen LogP contribution in [-0.2, 0) is 0 Å². The molecular formula is C3H3BrF2S. The minimum absolute atomic E-state index is 0.635. The fraction of sp³-hybridized carbons (Fsp3) is 0.333. The van der Waals surface area contributed by atoms with Gasteiger partial charge in [0.25, 0.3) is 0 Å². The molecule has 4 heteroatoms. The molecule has 0 aliphatic rings. The average Bonchev–Trinajstić information content (AvgIpc) is 1.30. The van der Waals surface area contributed by atoms with Crippen molar-refractivity contribution in [3.05, 3.63) is 11.5 Å². The Morgan fingerprint density at radius 2 is 2.00 bits per heavy atom. The van der Waals surface area contributed by atoms with Gasteiger partial charge in [0.15, 0.2) is 0 Å². The lowest BCUT2D eigenvalue weighted by Gasteiger charge is -1.95. The van der Waals surface area contributed by atoms with Crippen molar-refractivity contribution in [2.75, 3.05) is 0 Å². The van der Waals surface area contributed by atoms with E-state index in [4.69, 9.17) is 0 Å². The van der Waals surface area contributed by atoms with E-state index in [1.165, 1.54) is 0 Å². The molecule has 0 spiro atoms. The topological polar surface area (TPSA) is 0 Å². The molecule has 0 nitrogen and oxygen atoms in total. The number of hydrogen-bond acceptors (Lipinski definition) is 1. The van der Waals surface area contributed by atoms with Crippen LogP contribution in [0.15, 0.2) is 11.5 Å². The van der Waals surface area contributed by atoms with Crippen LogP contribution in [0.4, 0.5) is 8.78 Å². The Morgan fingerprint density at radius 1 is 1.57 bits per heavy atom. The van der Waals surface area contributed by atoms with Gasteiger partial charge in [-0.25, -0.2) is 0 Å². The second-order valence-corrected chi connectivity index (χ2v) is 2.21. The normalized spacial score (nSPS) is 13.1. The lowest BCUT2D eigenvalue weighted by molar-refractivity contribution is 0.171. The highest BCUT2D eigenvalue weighted by atomic mass is 79.9. The highest BCUT2D eigenvalue weighted by Crippen LogP contribution is 2.22. The molecule has 0 unspecified atom stereocenters. The number of rotatable bonds is 1. The van der Waals surface area contributed by atoms with E-state index in [9.17, 15) is 8.78 Å². The molecule has 0 aromatic heterocycles. The predicted octanol–water partition coefficient (Wildman–Crippen LogP) is 2.42. The van der Waals surface area contributed by atoms with Crippen molar-refractivity contribution in [2.45, 2.75) is 4.83 Å². The summed E-state index contributed by atoms with van der Waals surface area (Å²) in [5.74, 6) is 0. The van der Waals surface area contributed by atoms with E-state index in [0.29, 0.717) is 6.08 Å². The van der Waals surface area contributed by atoms with Crippen LogP contribution in [0, 0.1) is 0 Å². The van der Waals surface area contributed by atoms with E-state index in [0.717, 1.165) is 5.41 Å². The first-order valence-corrected chi connectivity index (χ1v) is 2.76. The molecule has 0 rings (SSSR count). The maximum atomic E-state index is 11.5. The summed E-state index contributed by atoms with van der Waals surface area (Å²) in [7, 11) is 0. The summed E-state index contributed by atoms with van der Waals surface area (Å²) in [6.07, 6.45) is 0.635. The largest absolute Gasteiger partial charge is 0.320 e. The zero-order valence-corrected chi connectivity index (χ0v) is 5.72. The first kappa shape index (κ1) is 7.43. The van der Waals surface area contributed by atoms with Gasteiger partial charge in [-0.3, -0.25) is 0 Å². The summed E-state index contributed by atoms with van der Waals surface area (Å²) in [5.41, 5.74) is 0. The molecule has 0 atom stereocenters. The summed E-state index contributed by atoms with van der Waals surface area (Å²) in [5, 5.41) is 0.981.